The van der Waals surface area contributed by atoms with E-state index in [-0.39, 0.29) is 30.9 Å². The highest BCUT2D eigenvalue weighted by Gasteiger charge is 2.24. The van der Waals surface area contributed by atoms with Crippen molar-refractivity contribution < 1.29 is 13.2 Å². The van der Waals surface area contributed by atoms with Crippen LogP contribution in [0.15, 0.2) is 12.1 Å². The van der Waals surface area contributed by atoms with E-state index in [4.69, 9.17) is 0 Å². The summed E-state index contributed by atoms with van der Waals surface area (Å²) in [5, 5.41) is 3.27. The van der Waals surface area contributed by atoms with E-state index in [0.717, 1.165) is 51.2 Å². The van der Waals surface area contributed by atoms with Crippen LogP contribution in [-0.2, 0) is 0 Å². The molecule has 0 spiro atoms. The van der Waals surface area contributed by atoms with E-state index in [2.05, 4.69) is 24.1 Å². The number of halogens is 5. The maximum Gasteiger partial charge on any atom is 0.194 e. The summed E-state index contributed by atoms with van der Waals surface area (Å²) < 4.78 is 40.2. The SMILES string of the molecule is CC(C)CC[C@@H](c1cc(F)c(F)c(F)c1)N1CCNCC1.Cl.Cl. The molecule has 134 valence electrons. The number of rotatable bonds is 5. The van der Waals surface area contributed by atoms with Gasteiger partial charge in [-0.15, -0.1) is 24.8 Å². The molecule has 2 rings (SSSR count). The highest BCUT2D eigenvalue weighted by Crippen LogP contribution is 2.29. The van der Waals surface area contributed by atoms with Gasteiger partial charge in [0.05, 0.1) is 0 Å². The molecule has 0 saturated carbocycles. The Balaban J connectivity index is 0.00000242. The fourth-order valence-electron chi connectivity index (χ4n) is 2.81. The molecule has 1 aliphatic heterocycles. The highest BCUT2D eigenvalue weighted by atomic mass is 35.5. The molecule has 1 N–H and O–H groups in total. The molecular weight excluding hydrogens is 348 g/mol. The van der Waals surface area contributed by atoms with E-state index >= 15 is 0 Å². The highest BCUT2D eigenvalue weighted by molar-refractivity contribution is 5.85. The molecule has 1 heterocycles. The largest absolute Gasteiger partial charge is 0.314 e. The Labute approximate surface area is 148 Å². The Bertz CT molecular complexity index is 457. The van der Waals surface area contributed by atoms with E-state index < -0.39 is 17.5 Å². The number of hydrogen-bond acceptors (Lipinski definition) is 2. The lowest BCUT2D eigenvalue weighted by Gasteiger charge is -2.35. The molecule has 0 aromatic heterocycles. The van der Waals surface area contributed by atoms with Crippen LogP contribution in [0.25, 0.3) is 0 Å². The predicted molar refractivity (Wildman–Crippen MR) is 92.1 cm³/mol. The van der Waals surface area contributed by atoms with E-state index in [9.17, 15) is 13.2 Å². The normalized spacial score (nSPS) is 16.6. The van der Waals surface area contributed by atoms with Crippen LogP contribution in [0.3, 0.4) is 0 Å². The van der Waals surface area contributed by atoms with Crippen LogP contribution < -0.4 is 5.32 Å². The fraction of sp³-hybridized carbons (Fsp3) is 0.625. The van der Waals surface area contributed by atoms with Crippen LogP contribution in [0.5, 0.6) is 0 Å². The standard InChI is InChI=1S/C16H23F3N2.2ClH/c1-11(2)3-4-15(21-7-5-20-6-8-21)12-9-13(17)16(19)14(18)10-12;;/h9-11,15,20H,3-8H2,1-2H3;2*1H/t15-;;/m0../s1. The molecule has 1 aromatic carbocycles. The number of hydrogen-bond donors (Lipinski definition) is 1. The fourth-order valence-corrected chi connectivity index (χ4v) is 2.81. The van der Waals surface area contributed by atoms with Crippen molar-refractivity contribution in [3.05, 3.63) is 35.1 Å². The van der Waals surface area contributed by atoms with Gasteiger partial charge in [0.15, 0.2) is 17.5 Å². The van der Waals surface area contributed by atoms with Gasteiger partial charge in [0.2, 0.25) is 0 Å². The van der Waals surface area contributed by atoms with E-state index in [1.807, 2.05) is 0 Å². The molecule has 1 aliphatic rings. The van der Waals surface area contributed by atoms with Gasteiger partial charge in [0.25, 0.3) is 0 Å². The topological polar surface area (TPSA) is 15.3 Å². The van der Waals surface area contributed by atoms with Gasteiger partial charge in [-0.3, -0.25) is 4.90 Å². The first kappa shape index (κ1) is 22.5. The zero-order valence-electron chi connectivity index (χ0n) is 13.4. The first-order valence-corrected chi connectivity index (χ1v) is 7.58. The first-order valence-electron chi connectivity index (χ1n) is 7.58. The third-order valence-corrected chi connectivity index (χ3v) is 4.00. The summed E-state index contributed by atoms with van der Waals surface area (Å²) in [6, 6.07) is 2.23. The Kier molecular flexibility index (Phi) is 10.2. The number of piperazine rings is 1. The lowest BCUT2D eigenvalue weighted by atomic mass is 9.95. The average molecular weight is 373 g/mol. The van der Waals surface area contributed by atoms with E-state index in [1.54, 1.807) is 0 Å². The van der Waals surface area contributed by atoms with E-state index in [1.165, 1.54) is 0 Å². The summed E-state index contributed by atoms with van der Waals surface area (Å²) in [5.41, 5.74) is 0.536. The van der Waals surface area contributed by atoms with Crippen molar-refractivity contribution in [1.29, 1.82) is 0 Å². The van der Waals surface area contributed by atoms with Crippen LogP contribution in [0, 0.1) is 23.4 Å². The van der Waals surface area contributed by atoms with Crippen LogP contribution in [0.4, 0.5) is 13.2 Å². The van der Waals surface area contributed by atoms with Gasteiger partial charge in [-0.05, 0) is 36.5 Å². The zero-order chi connectivity index (χ0) is 15.4. The molecule has 1 atom stereocenters. The molecule has 23 heavy (non-hydrogen) atoms. The van der Waals surface area contributed by atoms with Crippen LogP contribution in [0.1, 0.15) is 38.3 Å². The molecule has 0 unspecified atom stereocenters. The third kappa shape index (κ3) is 6.14. The second-order valence-electron chi connectivity index (χ2n) is 6.07. The van der Waals surface area contributed by atoms with Gasteiger partial charge >= 0.3 is 0 Å². The van der Waals surface area contributed by atoms with Crippen molar-refractivity contribution in [2.45, 2.75) is 32.7 Å². The van der Waals surface area contributed by atoms with Gasteiger partial charge in [-0.25, -0.2) is 13.2 Å². The molecule has 1 saturated heterocycles. The molecule has 0 aliphatic carbocycles. The van der Waals surface area contributed by atoms with Gasteiger partial charge in [-0.1, -0.05) is 13.8 Å². The maximum atomic E-state index is 13.5. The summed E-state index contributed by atoms with van der Waals surface area (Å²) >= 11 is 0. The number of benzene rings is 1. The Morgan fingerprint density at radius 3 is 2.00 bits per heavy atom. The van der Waals surface area contributed by atoms with Gasteiger partial charge in [0.1, 0.15) is 0 Å². The summed E-state index contributed by atoms with van der Waals surface area (Å²) in [6.07, 6.45) is 1.79. The quantitative estimate of drug-likeness (QED) is 0.773. The minimum absolute atomic E-state index is 0. The molecular formula is C16H25Cl2F3N2. The van der Waals surface area contributed by atoms with Gasteiger partial charge in [0, 0.05) is 32.2 Å². The van der Waals surface area contributed by atoms with Gasteiger partial charge in [-0.2, -0.15) is 0 Å². The summed E-state index contributed by atoms with van der Waals surface area (Å²) in [6.45, 7) is 7.66. The molecule has 0 bridgehead atoms. The van der Waals surface area contributed by atoms with Crippen molar-refractivity contribution in [2.75, 3.05) is 26.2 Å². The lowest BCUT2D eigenvalue weighted by Crippen LogP contribution is -2.45. The van der Waals surface area contributed by atoms with Crippen LogP contribution in [-0.4, -0.2) is 31.1 Å². The second-order valence-corrected chi connectivity index (χ2v) is 6.07. The maximum absolute atomic E-state index is 13.5. The Hall–Kier alpha value is -0.490. The Morgan fingerprint density at radius 2 is 1.52 bits per heavy atom. The third-order valence-electron chi connectivity index (χ3n) is 4.00. The molecule has 7 heteroatoms. The summed E-state index contributed by atoms with van der Waals surface area (Å²) in [7, 11) is 0. The average Bonchev–Trinajstić information content (AvgIpc) is 2.45. The minimum Gasteiger partial charge on any atom is -0.314 e. The molecule has 2 nitrogen and oxygen atoms in total. The monoisotopic (exact) mass is 372 g/mol. The van der Waals surface area contributed by atoms with Crippen LogP contribution in [0.2, 0.25) is 0 Å². The second kappa shape index (κ2) is 10.4. The molecule has 0 radical (unpaired) electrons. The summed E-state index contributed by atoms with van der Waals surface area (Å²) in [5.74, 6) is -3.07. The Morgan fingerprint density at radius 1 is 1.00 bits per heavy atom. The molecule has 0 amide bonds. The first-order chi connectivity index (χ1) is 9.99. The van der Waals surface area contributed by atoms with E-state index in [0.29, 0.717) is 11.5 Å². The zero-order valence-corrected chi connectivity index (χ0v) is 15.1. The van der Waals surface area contributed by atoms with Crippen LogP contribution >= 0.6 is 24.8 Å². The van der Waals surface area contributed by atoms with Crippen molar-refractivity contribution in [2.24, 2.45) is 5.92 Å². The number of nitrogens with one attached hydrogen (secondary N) is 1. The minimum atomic E-state index is -1.39. The van der Waals surface area contributed by atoms with Crippen molar-refractivity contribution in [3.63, 3.8) is 0 Å². The van der Waals surface area contributed by atoms with Crippen molar-refractivity contribution in [1.82, 2.24) is 10.2 Å². The smallest absolute Gasteiger partial charge is 0.194 e. The van der Waals surface area contributed by atoms with Crippen molar-refractivity contribution in [3.8, 4) is 0 Å². The molecule has 1 aromatic rings. The van der Waals surface area contributed by atoms with Crippen molar-refractivity contribution >= 4 is 24.8 Å². The predicted octanol–water partition coefficient (Wildman–Crippen LogP) is 4.33. The summed E-state index contributed by atoms with van der Waals surface area (Å²) in [4.78, 5) is 2.23. The lowest BCUT2D eigenvalue weighted by molar-refractivity contribution is 0.159. The molecule has 1 fully saturated rings. The van der Waals surface area contributed by atoms with Gasteiger partial charge < -0.3 is 5.32 Å². The number of nitrogens with zero attached hydrogens (tertiary/aromatic N) is 1.